The second kappa shape index (κ2) is 9.83. The Morgan fingerprint density at radius 3 is 2.03 bits per heavy atom. The molecule has 9 nitrogen and oxygen atoms in total. The highest BCUT2D eigenvalue weighted by molar-refractivity contribution is 7.18. The van der Waals surface area contributed by atoms with Gasteiger partial charge in [-0.25, -0.2) is 4.98 Å². The molecule has 3 N–H and O–H groups in total. The van der Waals surface area contributed by atoms with E-state index in [4.69, 9.17) is 25.3 Å². The lowest BCUT2D eigenvalue weighted by molar-refractivity contribution is 0.387. The van der Waals surface area contributed by atoms with E-state index in [0.717, 1.165) is 33.7 Å². The lowest BCUT2D eigenvalue weighted by Gasteiger charge is -2.16. The zero-order valence-corrected chi connectivity index (χ0v) is 21.4. The summed E-state index contributed by atoms with van der Waals surface area (Å²) in [5.41, 5.74) is 11.7. The summed E-state index contributed by atoms with van der Waals surface area (Å²) in [4.78, 5) is 5.11. The van der Waals surface area contributed by atoms with Crippen molar-refractivity contribution in [3.05, 3.63) is 84.9 Å². The molecule has 6 aromatic rings. The van der Waals surface area contributed by atoms with Crippen molar-refractivity contribution in [3.63, 3.8) is 0 Å². The van der Waals surface area contributed by atoms with Crippen LogP contribution in [-0.4, -0.2) is 39.0 Å². The minimum atomic E-state index is 0.354. The number of anilines is 3. The highest BCUT2D eigenvalue weighted by Crippen LogP contribution is 2.43. The lowest BCUT2D eigenvalue weighted by atomic mass is 10.0. The smallest absolute Gasteiger partial charge is 0.228 e. The van der Waals surface area contributed by atoms with Crippen LogP contribution in [0.25, 0.3) is 39.2 Å². The number of benzene rings is 3. The van der Waals surface area contributed by atoms with Crippen molar-refractivity contribution in [2.75, 3.05) is 25.3 Å². The van der Waals surface area contributed by atoms with Crippen LogP contribution < -0.4 is 20.5 Å². The van der Waals surface area contributed by atoms with Crippen LogP contribution in [0.3, 0.4) is 0 Å². The number of fused-ring (bicyclic) bond motifs is 1. The lowest BCUT2D eigenvalue weighted by Crippen LogP contribution is -2.06. The molecule has 3 heterocycles. The number of ether oxygens (including phenoxy) is 2. The Kier molecular flexibility index (Phi) is 6.06. The first-order chi connectivity index (χ1) is 18.7. The van der Waals surface area contributed by atoms with Gasteiger partial charge in [-0.05, 0) is 23.3 Å². The number of rotatable bonds is 7. The number of nitrogens with two attached hydrogens (primary N) is 1. The molecule has 0 spiro atoms. The molecule has 0 saturated heterocycles. The van der Waals surface area contributed by atoms with E-state index in [-0.39, 0.29) is 0 Å². The topological polar surface area (TPSA) is 112 Å². The van der Waals surface area contributed by atoms with Gasteiger partial charge >= 0.3 is 0 Å². The Bertz CT molecular complexity index is 1720. The van der Waals surface area contributed by atoms with Crippen LogP contribution in [-0.2, 0) is 0 Å². The molecule has 3 aromatic carbocycles. The Morgan fingerprint density at radius 2 is 1.42 bits per heavy atom. The van der Waals surface area contributed by atoms with Gasteiger partial charge in [0.25, 0.3) is 0 Å². The minimum Gasteiger partial charge on any atom is -0.497 e. The molecule has 0 saturated carbocycles. The predicted molar refractivity (Wildman–Crippen MR) is 150 cm³/mol. The third-order valence-corrected chi connectivity index (χ3v) is 6.74. The summed E-state index contributed by atoms with van der Waals surface area (Å²) in [6.07, 6.45) is 0. The molecular formula is C28H23N7O2S. The van der Waals surface area contributed by atoms with Crippen LogP contribution in [0.4, 0.5) is 16.1 Å². The molecule has 3 aromatic heterocycles. The first kappa shape index (κ1) is 23.4. The summed E-state index contributed by atoms with van der Waals surface area (Å²) in [6.45, 7) is 0. The van der Waals surface area contributed by atoms with Crippen LogP contribution in [0.2, 0.25) is 0 Å². The van der Waals surface area contributed by atoms with Crippen LogP contribution >= 0.6 is 11.3 Å². The highest BCUT2D eigenvalue weighted by Gasteiger charge is 2.26. The van der Waals surface area contributed by atoms with Gasteiger partial charge < -0.3 is 20.5 Å². The fourth-order valence-electron chi connectivity index (χ4n) is 4.37. The molecule has 0 aliphatic carbocycles. The fourth-order valence-corrected chi connectivity index (χ4v) is 4.88. The normalized spacial score (nSPS) is 11.0. The maximum absolute atomic E-state index is 6.03. The average molecular weight is 522 g/mol. The van der Waals surface area contributed by atoms with Gasteiger partial charge in [0.15, 0.2) is 5.65 Å². The van der Waals surface area contributed by atoms with E-state index in [1.54, 1.807) is 18.7 Å². The molecule has 0 radical (unpaired) electrons. The van der Waals surface area contributed by atoms with Crippen LogP contribution in [0, 0.1) is 0 Å². The molecule has 6 rings (SSSR count). The van der Waals surface area contributed by atoms with Crippen molar-refractivity contribution in [1.29, 1.82) is 0 Å². The van der Waals surface area contributed by atoms with Gasteiger partial charge in [0, 0.05) is 5.56 Å². The SMILES string of the molecule is COc1ccc(-c2c(Nc3nnc(N)s3)nc3c(-c4ccccc4)c(-c4ccccc4)nn3c2OC)cc1. The monoisotopic (exact) mass is 521 g/mol. The van der Waals surface area contributed by atoms with Crippen LogP contribution in [0.1, 0.15) is 0 Å². The second-order valence-corrected chi connectivity index (χ2v) is 9.34. The first-order valence-corrected chi connectivity index (χ1v) is 12.6. The van der Waals surface area contributed by atoms with Crippen LogP contribution in [0.5, 0.6) is 11.6 Å². The van der Waals surface area contributed by atoms with Gasteiger partial charge in [0.2, 0.25) is 16.1 Å². The molecule has 0 unspecified atom stereocenters. The van der Waals surface area contributed by atoms with E-state index in [2.05, 4.69) is 15.5 Å². The predicted octanol–water partition coefficient (Wildman–Crippen LogP) is 5.92. The first-order valence-electron chi connectivity index (χ1n) is 11.8. The van der Waals surface area contributed by atoms with E-state index in [0.29, 0.717) is 33.2 Å². The van der Waals surface area contributed by atoms with Crippen molar-refractivity contribution >= 4 is 33.1 Å². The number of aromatic nitrogens is 5. The molecule has 0 fully saturated rings. The van der Waals surface area contributed by atoms with Gasteiger partial charge in [-0.15, -0.1) is 10.2 Å². The number of hydrogen-bond acceptors (Lipinski definition) is 9. The summed E-state index contributed by atoms with van der Waals surface area (Å²) < 4.78 is 13.1. The minimum absolute atomic E-state index is 0.354. The van der Waals surface area contributed by atoms with Crippen molar-refractivity contribution in [3.8, 4) is 45.1 Å². The standard InChI is InChI=1S/C28H23N7O2S/c1-36-20-15-13-18(14-16-20)22-24(31-28-33-32-27(29)38-28)30-25-21(17-9-5-3-6-10-17)23(19-11-7-4-8-12-19)34-35(25)26(22)37-2/h3-16H,1-2H3,(H2,29,32)(H,30,31,33). The fraction of sp³-hybridized carbons (Fsp3) is 0.0714. The molecule has 10 heteroatoms. The quantitative estimate of drug-likeness (QED) is 0.266. The van der Waals surface area contributed by atoms with E-state index in [1.807, 2.05) is 84.9 Å². The Hall–Kier alpha value is -4.96. The number of nitrogens with zero attached hydrogens (tertiary/aromatic N) is 5. The third kappa shape index (κ3) is 4.16. The molecule has 0 amide bonds. The van der Waals surface area contributed by atoms with Crippen molar-refractivity contribution in [2.24, 2.45) is 0 Å². The van der Waals surface area contributed by atoms with Crippen molar-refractivity contribution in [2.45, 2.75) is 0 Å². The van der Waals surface area contributed by atoms with Gasteiger partial charge in [0.05, 0.1) is 25.3 Å². The molecule has 38 heavy (non-hydrogen) atoms. The van der Waals surface area contributed by atoms with E-state index < -0.39 is 0 Å². The van der Waals surface area contributed by atoms with Crippen molar-refractivity contribution in [1.82, 2.24) is 24.8 Å². The van der Waals surface area contributed by atoms with Crippen molar-refractivity contribution < 1.29 is 9.47 Å². The van der Waals surface area contributed by atoms with E-state index in [9.17, 15) is 0 Å². The maximum Gasteiger partial charge on any atom is 0.228 e. The Labute approximate surface area is 222 Å². The van der Waals surface area contributed by atoms with Gasteiger partial charge in [0.1, 0.15) is 17.3 Å². The number of nitrogen functional groups attached to an aromatic ring is 1. The Balaban J connectivity index is 1.69. The van der Waals surface area contributed by atoms with E-state index >= 15 is 0 Å². The van der Waals surface area contributed by atoms with Crippen LogP contribution in [0.15, 0.2) is 84.9 Å². The molecule has 188 valence electrons. The number of nitrogens with one attached hydrogen (secondary N) is 1. The second-order valence-electron chi connectivity index (χ2n) is 8.33. The molecule has 0 aliphatic rings. The largest absolute Gasteiger partial charge is 0.497 e. The molecular weight excluding hydrogens is 498 g/mol. The zero-order chi connectivity index (χ0) is 26.1. The summed E-state index contributed by atoms with van der Waals surface area (Å²) in [7, 11) is 3.26. The number of methoxy groups -OCH3 is 2. The summed E-state index contributed by atoms with van der Waals surface area (Å²) in [5, 5.41) is 17.3. The average Bonchev–Trinajstić information content (AvgIpc) is 3.56. The molecule has 0 atom stereocenters. The molecule has 0 bridgehead atoms. The zero-order valence-electron chi connectivity index (χ0n) is 20.6. The highest BCUT2D eigenvalue weighted by atomic mass is 32.1. The number of hydrogen-bond donors (Lipinski definition) is 2. The molecule has 0 aliphatic heterocycles. The summed E-state index contributed by atoms with van der Waals surface area (Å²) in [5.74, 6) is 1.79. The Morgan fingerprint density at radius 1 is 0.763 bits per heavy atom. The van der Waals surface area contributed by atoms with Gasteiger partial charge in [-0.1, -0.05) is 84.1 Å². The maximum atomic E-state index is 6.03. The summed E-state index contributed by atoms with van der Waals surface area (Å²) >= 11 is 1.24. The van der Waals surface area contributed by atoms with Gasteiger partial charge in [-0.2, -0.15) is 9.61 Å². The summed E-state index contributed by atoms with van der Waals surface area (Å²) in [6, 6.07) is 27.8. The van der Waals surface area contributed by atoms with Gasteiger partial charge in [-0.3, -0.25) is 0 Å². The third-order valence-electron chi connectivity index (χ3n) is 6.07. The van der Waals surface area contributed by atoms with E-state index in [1.165, 1.54) is 11.3 Å².